The molecule has 1 saturated heterocycles. The Balaban J connectivity index is 1.56. The Kier molecular flexibility index (Phi) is 4.97. The van der Waals surface area contributed by atoms with Gasteiger partial charge in [0.15, 0.2) is 0 Å². The molecule has 2 heterocycles. The molecule has 4 N–H and O–H groups in total. The first-order chi connectivity index (χ1) is 11.6. The lowest BCUT2D eigenvalue weighted by Crippen LogP contribution is -2.30. The molecule has 1 aromatic carbocycles. The van der Waals surface area contributed by atoms with Gasteiger partial charge in [-0.1, -0.05) is 18.2 Å². The third-order valence-corrected chi connectivity index (χ3v) is 4.85. The first-order valence-electron chi connectivity index (χ1n) is 8.46. The standard InChI is InChI=1S/C18H25N5O/c1-11-16(15-6-4-5-7-17(15)20-11)10-19-23-18(24)9-8-14-12(2)21-22-13(14)3/h4-7,10,12-14,20-22H,8-9H2,1-3H3,(H,23,24)/b19-10+. The number of benzene rings is 1. The number of aryl methyl sites for hydroxylation is 1. The van der Waals surface area contributed by atoms with E-state index in [1.807, 2.05) is 31.2 Å². The highest BCUT2D eigenvalue weighted by atomic mass is 16.2. The summed E-state index contributed by atoms with van der Waals surface area (Å²) in [5.74, 6) is 0.408. The molecule has 6 heteroatoms. The average molecular weight is 327 g/mol. The number of nitrogens with zero attached hydrogens (tertiary/aromatic N) is 1. The molecule has 2 unspecified atom stereocenters. The van der Waals surface area contributed by atoms with E-state index in [1.54, 1.807) is 6.21 Å². The van der Waals surface area contributed by atoms with Crippen molar-refractivity contribution in [2.24, 2.45) is 11.0 Å². The van der Waals surface area contributed by atoms with Crippen LogP contribution in [0.15, 0.2) is 29.4 Å². The van der Waals surface area contributed by atoms with E-state index in [0.717, 1.165) is 28.6 Å². The van der Waals surface area contributed by atoms with Gasteiger partial charge in [0.2, 0.25) is 5.91 Å². The molecule has 0 bridgehead atoms. The molecule has 1 amide bonds. The monoisotopic (exact) mass is 327 g/mol. The minimum absolute atomic E-state index is 0.0463. The van der Waals surface area contributed by atoms with Crippen LogP contribution < -0.4 is 16.3 Å². The fourth-order valence-electron chi connectivity index (χ4n) is 3.40. The van der Waals surface area contributed by atoms with Crippen LogP contribution in [0, 0.1) is 12.8 Å². The summed E-state index contributed by atoms with van der Waals surface area (Å²) in [6, 6.07) is 8.83. The lowest BCUT2D eigenvalue weighted by Gasteiger charge is -2.16. The molecule has 0 radical (unpaired) electrons. The number of hydrogen-bond donors (Lipinski definition) is 4. The summed E-state index contributed by atoms with van der Waals surface area (Å²) in [6.07, 6.45) is 3.04. The van der Waals surface area contributed by atoms with Crippen molar-refractivity contribution in [2.45, 2.75) is 45.7 Å². The summed E-state index contributed by atoms with van der Waals surface area (Å²) in [7, 11) is 0. The summed E-state index contributed by atoms with van der Waals surface area (Å²) < 4.78 is 0. The largest absolute Gasteiger partial charge is 0.358 e. The van der Waals surface area contributed by atoms with Crippen molar-refractivity contribution in [2.75, 3.05) is 0 Å². The van der Waals surface area contributed by atoms with Gasteiger partial charge in [-0.15, -0.1) is 0 Å². The topological polar surface area (TPSA) is 81.3 Å². The Hall–Kier alpha value is -2.18. The van der Waals surface area contributed by atoms with Gasteiger partial charge in [-0.25, -0.2) is 5.43 Å². The zero-order valence-corrected chi connectivity index (χ0v) is 14.4. The quantitative estimate of drug-likeness (QED) is 0.502. The van der Waals surface area contributed by atoms with E-state index >= 15 is 0 Å². The molecule has 2 aromatic rings. The summed E-state index contributed by atoms with van der Waals surface area (Å²) in [5, 5.41) is 5.24. The zero-order valence-electron chi connectivity index (χ0n) is 14.4. The maximum Gasteiger partial charge on any atom is 0.240 e. The molecular formula is C18H25N5O. The molecule has 1 aliphatic rings. The number of para-hydroxylation sites is 1. The van der Waals surface area contributed by atoms with Gasteiger partial charge < -0.3 is 4.98 Å². The van der Waals surface area contributed by atoms with Gasteiger partial charge in [0.05, 0.1) is 6.21 Å². The van der Waals surface area contributed by atoms with E-state index < -0.39 is 0 Å². The molecule has 0 spiro atoms. The van der Waals surface area contributed by atoms with Crippen molar-refractivity contribution in [1.29, 1.82) is 0 Å². The summed E-state index contributed by atoms with van der Waals surface area (Å²) in [6.45, 7) is 6.28. The Morgan fingerprint density at radius 1 is 1.25 bits per heavy atom. The predicted octanol–water partition coefficient (Wildman–Crippen LogP) is 2.21. The predicted molar refractivity (Wildman–Crippen MR) is 96.7 cm³/mol. The molecule has 3 rings (SSSR count). The van der Waals surface area contributed by atoms with Gasteiger partial charge in [0.25, 0.3) is 0 Å². The Bertz CT molecular complexity index is 741. The van der Waals surface area contributed by atoms with Crippen molar-refractivity contribution in [3.8, 4) is 0 Å². The average Bonchev–Trinajstić information content (AvgIpc) is 3.05. The Morgan fingerprint density at radius 2 is 1.96 bits per heavy atom. The summed E-state index contributed by atoms with van der Waals surface area (Å²) in [4.78, 5) is 15.3. The molecule has 1 aliphatic heterocycles. The van der Waals surface area contributed by atoms with Crippen LogP contribution in [0.25, 0.3) is 10.9 Å². The second-order valence-corrected chi connectivity index (χ2v) is 6.57. The van der Waals surface area contributed by atoms with Crippen LogP contribution in [-0.4, -0.2) is 29.2 Å². The van der Waals surface area contributed by atoms with E-state index in [4.69, 9.17) is 0 Å². The number of fused-ring (bicyclic) bond motifs is 1. The van der Waals surface area contributed by atoms with Gasteiger partial charge in [0, 0.05) is 40.7 Å². The summed E-state index contributed by atoms with van der Waals surface area (Å²) in [5.41, 5.74) is 12.2. The third-order valence-electron chi connectivity index (χ3n) is 4.85. The van der Waals surface area contributed by atoms with Gasteiger partial charge in [-0.2, -0.15) is 5.10 Å². The van der Waals surface area contributed by atoms with E-state index in [-0.39, 0.29) is 5.91 Å². The number of hydrazone groups is 1. The van der Waals surface area contributed by atoms with Crippen molar-refractivity contribution >= 4 is 23.0 Å². The van der Waals surface area contributed by atoms with E-state index in [9.17, 15) is 4.79 Å². The number of carbonyl (C=O) groups excluding carboxylic acids is 1. The lowest BCUT2D eigenvalue weighted by molar-refractivity contribution is -0.121. The molecule has 24 heavy (non-hydrogen) atoms. The van der Waals surface area contributed by atoms with Gasteiger partial charge in [-0.05, 0) is 39.2 Å². The Morgan fingerprint density at radius 3 is 2.71 bits per heavy atom. The van der Waals surface area contributed by atoms with Gasteiger partial charge >= 0.3 is 0 Å². The summed E-state index contributed by atoms with van der Waals surface area (Å²) >= 11 is 0. The molecule has 1 fully saturated rings. The molecule has 0 aliphatic carbocycles. The number of carbonyl (C=O) groups is 1. The number of amides is 1. The zero-order chi connectivity index (χ0) is 17.1. The maximum atomic E-state index is 12.0. The van der Waals surface area contributed by atoms with E-state index in [2.05, 4.69) is 40.2 Å². The molecule has 2 atom stereocenters. The highest BCUT2D eigenvalue weighted by Gasteiger charge is 2.29. The first-order valence-corrected chi connectivity index (χ1v) is 8.46. The Labute approximate surface area is 142 Å². The van der Waals surface area contributed by atoms with E-state index in [0.29, 0.717) is 24.4 Å². The highest BCUT2D eigenvalue weighted by Crippen LogP contribution is 2.21. The highest BCUT2D eigenvalue weighted by molar-refractivity contribution is 6.00. The number of aromatic nitrogens is 1. The fourth-order valence-corrected chi connectivity index (χ4v) is 3.40. The van der Waals surface area contributed by atoms with Crippen LogP contribution in [0.5, 0.6) is 0 Å². The van der Waals surface area contributed by atoms with Crippen LogP contribution in [0.2, 0.25) is 0 Å². The molecule has 1 aromatic heterocycles. The number of rotatable bonds is 5. The van der Waals surface area contributed by atoms with Gasteiger partial charge in [0.1, 0.15) is 0 Å². The van der Waals surface area contributed by atoms with Crippen LogP contribution >= 0.6 is 0 Å². The van der Waals surface area contributed by atoms with Crippen molar-refractivity contribution in [3.63, 3.8) is 0 Å². The fraction of sp³-hybridized carbons (Fsp3) is 0.444. The SMILES string of the molecule is Cc1[nH]c2ccccc2c1/C=N/NC(=O)CCC1C(C)NNC1C. The molecule has 128 valence electrons. The van der Waals surface area contributed by atoms with Gasteiger partial charge in [-0.3, -0.25) is 15.6 Å². The van der Waals surface area contributed by atoms with Crippen molar-refractivity contribution < 1.29 is 4.79 Å². The van der Waals surface area contributed by atoms with Crippen LogP contribution in [0.1, 0.15) is 37.9 Å². The normalized spacial score (nSPS) is 24.0. The lowest BCUT2D eigenvalue weighted by atomic mass is 9.91. The van der Waals surface area contributed by atoms with Crippen molar-refractivity contribution in [3.05, 3.63) is 35.5 Å². The minimum Gasteiger partial charge on any atom is -0.358 e. The molecular weight excluding hydrogens is 302 g/mol. The van der Waals surface area contributed by atoms with Crippen LogP contribution in [0.3, 0.4) is 0 Å². The van der Waals surface area contributed by atoms with Crippen molar-refractivity contribution in [1.82, 2.24) is 21.3 Å². The number of hydrazine groups is 1. The number of aromatic amines is 1. The third kappa shape index (κ3) is 3.49. The maximum absolute atomic E-state index is 12.0. The minimum atomic E-state index is -0.0463. The first kappa shape index (κ1) is 16.7. The van der Waals surface area contributed by atoms with E-state index in [1.165, 1.54) is 0 Å². The second-order valence-electron chi connectivity index (χ2n) is 6.57. The number of nitrogens with one attached hydrogen (secondary N) is 4. The molecule has 0 saturated carbocycles. The smallest absolute Gasteiger partial charge is 0.240 e. The van der Waals surface area contributed by atoms with Crippen LogP contribution in [-0.2, 0) is 4.79 Å². The number of hydrogen-bond acceptors (Lipinski definition) is 4. The number of H-pyrrole nitrogens is 1. The second kappa shape index (κ2) is 7.15. The molecule has 6 nitrogen and oxygen atoms in total. The van der Waals surface area contributed by atoms with Crippen LogP contribution in [0.4, 0.5) is 0 Å².